The molecule has 134 valence electrons. The van der Waals surface area contributed by atoms with Crippen molar-refractivity contribution in [1.29, 1.82) is 0 Å². The summed E-state index contributed by atoms with van der Waals surface area (Å²) >= 11 is 6.01. The first-order chi connectivity index (χ1) is 12.5. The Balaban J connectivity index is 2.07. The summed E-state index contributed by atoms with van der Waals surface area (Å²) in [6.07, 6.45) is 0.413. The summed E-state index contributed by atoms with van der Waals surface area (Å²) in [4.78, 5) is 10.9. The maximum atomic E-state index is 10.9. The van der Waals surface area contributed by atoms with Gasteiger partial charge < -0.3 is 14.5 Å². The van der Waals surface area contributed by atoms with Crippen LogP contribution in [-0.4, -0.2) is 10.5 Å². The van der Waals surface area contributed by atoms with E-state index in [2.05, 4.69) is 42.7 Å². The van der Waals surface area contributed by atoms with Gasteiger partial charge in [0.2, 0.25) is 0 Å². The molecule has 0 unspecified atom stereocenters. The molecule has 0 radical (unpaired) electrons. The van der Waals surface area contributed by atoms with E-state index in [1.54, 1.807) is 0 Å². The number of nitrogens with zero attached hydrogens (tertiary/aromatic N) is 1. The van der Waals surface area contributed by atoms with Gasteiger partial charge in [0, 0.05) is 22.4 Å². The molecule has 2 aromatic carbocycles. The van der Waals surface area contributed by atoms with Crippen LogP contribution in [0.15, 0.2) is 60.7 Å². The first-order valence-electron chi connectivity index (χ1n) is 8.72. The number of carboxylic acids is 1. The van der Waals surface area contributed by atoms with E-state index in [0.717, 1.165) is 22.6 Å². The lowest BCUT2D eigenvalue weighted by atomic mass is 10.0. The van der Waals surface area contributed by atoms with Gasteiger partial charge in [-0.2, -0.15) is 0 Å². The Labute approximate surface area is 158 Å². The number of benzene rings is 2. The van der Waals surface area contributed by atoms with Crippen molar-refractivity contribution in [3.05, 3.63) is 76.9 Å². The minimum absolute atomic E-state index is 0.00580. The van der Waals surface area contributed by atoms with Crippen molar-refractivity contribution in [3.8, 4) is 16.9 Å². The molecule has 0 spiro atoms. The van der Waals surface area contributed by atoms with Crippen LogP contribution in [0.4, 0.5) is 0 Å². The van der Waals surface area contributed by atoms with Crippen molar-refractivity contribution < 1.29 is 9.90 Å². The molecule has 0 saturated heterocycles. The third-order valence-electron chi connectivity index (χ3n) is 4.50. The lowest BCUT2D eigenvalue weighted by Gasteiger charge is -2.16. The molecule has 0 saturated carbocycles. The maximum Gasteiger partial charge on any atom is 0.0531 e. The van der Waals surface area contributed by atoms with Crippen molar-refractivity contribution in [2.75, 3.05) is 0 Å². The number of aryl methyl sites for hydroxylation is 1. The Kier molecular flexibility index (Phi) is 5.48. The molecule has 0 aliphatic heterocycles. The van der Waals surface area contributed by atoms with Crippen molar-refractivity contribution in [2.24, 2.45) is 0 Å². The van der Waals surface area contributed by atoms with Gasteiger partial charge in [0.25, 0.3) is 0 Å². The normalized spacial score (nSPS) is 11.1. The van der Waals surface area contributed by atoms with Crippen molar-refractivity contribution in [2.45, 2.75) is 32.6 Å². The molecule has 3 rings (SSSR count). The molecule has 1 heterocycles. The molecule has 3 nitrogen and oxygen atoms in total. The molecule has 0 aliphatic carbocycles. The summed E-state index contributed by atoms with van der Waals surface area (Å²) < 4.78 is 2.11. The van der Waals surface area contributed by atoms with E-state index < -0.39 is 5.97 Å². The monoisotopic (exact) mass is 366 g/mol. The highest BCUT2D eigenvalue weighted by molar-refractivity contribution is 6.30. The van der Waals surface area contributed by atoms with E-state index in [1.807, 2.05) is 36.4 Å². The number of hydrogen-bond acceptors (Lipinski definition) is 2. The third kappa shape index (κ3) is 4.00. The quantitative estimate of drug-likeness (QED) is 0.639. The van der Waals surface area contributed by atoms with Gasteiger partial charge in [-0.15, -0.1) is 0 Å². The molecule has 0 N–H and O–H groups in total. The third-order valence-corrected chi connectivity index (χ3v) is 4.76. The number of carbonyl (C=O) groups excluding carboxylic acids is 1. The number of carboxylic acid groups (broad SMARTS) is 1. The number of hydrogen-bond donors (Lipinski definition) is 0. The van der Waals surface area contributed by atoms with E-state index in [4.69, 9.17) is 11.6 Å². The Morgan fingerprint density at radius 2 is 1.65 bits per heavy atom. The topological polar surface area (TPSA) is 45.1 Å². The highest BCUT2D eigenvalue weighted by atomic mass is 35.5. The van der Waals surface area contributed by atoms with E-state index >= 15 is 0 Å². The highest BCUT2D eigenvalue weighted by Crippen LogP contribution is 2.29. The molecule has 0 aliphatic rings. The van der Waals surface area contributed by atoms with Crippen LogP contribution in [0, 0.1) is 0 Å². The van der Waals surface area contributed by atoms with Gasteiger partial charge in [-0.25, -0.2) is 0 Å². The van der Waals surface area contributed by atoms with Gasteiger partial charge in [-0.05, 0) is 66.3 Å². The summed E-state index contributed by atoms with van der Waals surface area (Å²) in [6, 6.07) is 20.1. The maximum absolute atomic E-state index is 10.9. The molecule has 26 heavy (non-hydrogen) atoms. The second-order valence-corrected chi connectivity index (χ2v) is 7.11. The number of aromatic nitrogens is 1. The first kappa shape index (κ1) is 18.3. The average molecular weight is 367 g/mol. The molecule has 0 amide bonds. The molecular weight excluding hydrogens is 346 g/mol. The summed E-state index contributed by atoms with van der Waals surface area (Å²) in [5.41, 5.74) is 5.26. The van der Waals surface area contributed by atoms with Gasteiger partial charge >= 0.3 is 0 Å². The first-order valence-corrected chi connectivity index (χ1v) is 9.10. The molecule has 4 heteroatoms. The largest absolute Gasteiger partial charge is 0.550 e. The predicted octanol–water partition coefficient (Wildman–Crippen LogP) is 4.60. The molecular formula is C22H21ClNO2-. The molecule has 1 aromatic heterocycles. The zero-order valence-electron chi connectivity index (χ0n) is 14.9. The van der Waals surface area contributed by atoms with Crippen LogP contribution < -0.4 is 5.11 Å². The minimum Gasteiger partial charge on any atom is -0.550 e. The van der Waals surface area contributed by atoms with Crippen LogP contribution in [0.3, 0.4) is 0 Å². The van der Waals surface area contributed by atoms with E-state index in [9.17, 15) is 9.90 Å². The van der Waals surface area contributed by atoms with Gasteiger partial charge in [-0.3, -0.25) is 0 Å². The number of halogens is 1. The molecule has 0 fully saturated rings. The summed E-state index contributed by atoms with van der Waals surface area (Å²) in [5, 5.41) is 11.6. The van der Waals surface area contributed by atoms with Crippen LogP contribution in [0.2, 0.25) is 5.02 Å². The lowest BCUT2D eigenvalue weighted by Crippen LogP contribution is -2.22. The second-order valence-electron chi connectivity index (χ2n) is 6.67. The SMILES string of the molecule is CC(C)c1ccc(-n2c(CCC(=O)[O-])ccc2-c2ccc(Cl)cc2)cc1. The molecule has 3 aromatic rings. The fraction of sp³-hybridized carbons (Fsp3) is 0.227. The second kappa shape index (κ2) is 7.79. The summed E-state index contributed by atoms with van der Waals surface area (Å²) in [6.45, 7) is 4.32. The molecule has 0 bridgehead atoms. The summed E-state index contributed by atoms with van der Waals surface area (Å²) in [5.74, 6) is -0.581. The number of aliphatic carboxylic acids is 1. The Morgan fingerprint density at radius 3 is 2.23 bits per heavy atom. The van der Waals surface area contributed by atoms with Crippen LogP contribution in [0.25, 0.3) is 16.9 Å². The van der Waals surface area contributed by atoms with E-state index in [-0.39, 0.29) is 6.42 Å². The van der Waals surface area contributed by atoms with Crippen LogP contribution >= 0.6 is 11.6 Å². The number of carbonyl (C=O) groups is 1. The van der Waals surface area contributed by atoms with E-state index in [0.29, 0.717) is 17.4 Å². The number of rotatable bonds is 6. The standard InChI is InChI=1S/C22H22ClNO2/c1-15(2)16-5-9-19(10-6-16)24-20(12-14-22(25)26)11-13-21(24)17-3-7-18(23)8-4-17/h3-11,13,15H,12,14H2,1-2H3,(H,25,26)/p-1. The van der Waals surface area contributed by atoms with E-state index in [1.165, 1.54) is 5.56 Å². The van der Waals surface area contributed by atoms with Gasteiger partial charge in [0.1, 0.15) is 0 Å². The minimum atomic E-state index is -1.04. The van der Waals surface area contributed by atoms with Crippen molar-refractivity contribution in [3.63, 3.8) is 0 Å². The Hall–Kier alpha value is -2.52. The zero-order chi connectivity index (χ0) is 18.7. The average Bonchev–Trinajstić information content (AvgIpc) is 3.04. The van der Waals surface area contributed by atoms with Crippen LogP contribution in [0.5, 0.6) is 0 Å². The predicted molar refractivity (Wildman–Crippen MR) is 104 cm³/mol. The molecule has 0 atom stereocenters. The zero-order valence-corrected chi connectivity index (χ0v) is 15.7. The Bertz CT molecular complexity index is 893. The fourth-order valence-corrected chi connectivity index (χ4v) is 3.19. The van der Waals surface area contributed by atoms with Gasteiger partial charge in [0.05, 0.1) is 5.69 Å². The lowest BCUT2D eigenvalue weighted by molar-refractivity contribution is -0.305. The van der Waals surface area contributed by atoms with Gasteiger partial charge in [-0.1, -0.05) is 49.7 Å². The van der Waals surface area contributed by atoms with Crippen molar-refractivity contribution in [1.82, 2.24) is 4.57 Å². The van der Waals surface area contributed by atoms with Crippen LogP contribution in [-0.2, 0) is 11.2 Å². The smallest absolute Gasteiger partial charge is 0.0531 e. The summed E-state index contributed by atoms with van der Waals surface area (Å²) in [7, 11) is 0. The van der Waals surface area contributed by atoms with Crippen molar-refractivity contribution >= 4 is 17.6 Å². The Morgan fingerprint density at radius 1 is 1.00 bits per heavy atom. The van der Waals surface area contributed by atoms with Gasteiger partial charge in [0.15, 0.2) is 0 Å². The fourth-order valence-electron chi connectivity index (χ4n) is 3.06. The van der Waals surface area contributed by atoms with Crippen LogP contribution in [0.1, 0.15) is 37.4 Å². The highest BCUT2D eigenvalue weighted by Gasteiger charge is 2.12.